The first kappa shape index (κ1) is 11.7. The van der Waals surface area contributed by atoms with Crippen LogP contribution in [-0.2, 0) is 17.9 Å². The number of nitrogens with zero attached hydrogens (tertiary/aromatic N) is 2. The van der Waals surface area contributed by atoms with Crippen LogP contribution in [0.1, 0.15) is 5.69 Å². The summed E-state index contributed by atoms with van der Waals surface area (Å²) in [6.07, 6.45) is 0. The quantitative estimate of drug-likeness (QED) is 0.680. The second kappa shape index (κ2) is 4.70. The lowest BCUT2D eigenvalue weighted by Gasteiger charge is -2.16. The van der Waals surface area contributed by atoms with E-state index >= 15 is 0 Å². The molecule has 0 bridgehead atoms. The van der Waals surface area contributed by atoms with Crippen molar-refractivity contribution in [3.63, 3.8) is 0 Å². The van der Waals surface area contributed by atoms with Gasteiger partial charge in [0.25, 0.3) is 0 Å². The van der Waals surface area contributed by atoms with Crippen molar-refractivity contribution in [1.82, 2.24) is 9.55 Å². The van der Waals surface area contributed by atoms with Crippen molar-refractivity contribution >= 4 is 38.5 Å². The van der Waals surface area contributed by atoms with Crippen LogP contribution in [0.3, 0.4) is 0 Å². The zero-order chi connectivity index (χ0) is 11.8. The van der Waals surface area contributed by atoms with Crippen LogP contribution in [0.5, 0.6) is 0 Å². The maximum atomic E-state index is 5.53. The molecule has 0 N–H and O–H groups in total. The van der Waals surface area contributed by atoms with E-state index in [1.54, 1.807) is 0 Å². The predicted molar refractivity (Wildman–Crippen MR) is 77.7 cm³/mol. The summed E-state index contributed by atoms with van der Waals surface area (Å²) in [6.45, 7) is 2.32. The highest BCUT2D eigenvalue weighted by molar-refractivity contribution is 14.1. The minimum Gasteiger partial charge on any atom is -0.373 e. The number of halogens is 2. The summed E-state index contributed by atoms with van der Waals surface area (Å²) in [4.78, 5) is 4.65. The smallest absolute Gasteiger partial charge is 0.172 e. The Hall–Kier alpha value is -0.400. The minimum atomic E-state index is 0.651. The van der Waals surface area contributed by atoms with Crippen LogP contribution in [-0.4, -0.2) is 16.2 Å². The van der Waals surface area contributed by atoms with Gasteiger partial charge in [-0.15, -0.1) is 0 Å². The molecule has 0 saturated carbocycles. The molecule has 0 radical (unpaired) electrons. The zero-order valence-electron chi connectivity index (χ0n) is 8.99. The van der Waals surface area contributed by atoms with E-state index in [0.717, 1.165) is 32.7 Å². The number of rotatable bonds is 1. The van der Waals surface area contributed by atoms with Crippen LogP contribution >= 0.6 is 38.5 Å². The van der Waals surface area contributed by atoms with Crippen molar-refractivity contribution in [2.45, 2.75) is 13.2 Å². The van der Waals surface area contributed by atoms with Gasteiger partial charge in [0.05, 0.1) is 24.6 Å². The molecular weight excluding hydrogens is 395 g/mol. The highest BCUT2D eigenvalue weighted by atomic mass is 127. The molecule has 0 fully saturated rings. The summed E-state index contributed by atoms with van der Waals surface area (Å²) >= 11 is 5.78. The second-order valence-electron chi connectivity index (χ2n) is 3.89. The average molecular weight is 405 g/mol. The molecule has 88 valence electrons. The van der Waals surface area contributed by atoms with Crippen LogP contribution in [0.4, 0.5) is 0 Å². The van der Waals surface area contributed by atoms with Crippen LogP contribution < -0.4 is 0 Å². The van der Waals surface area contributed by atoms with Crippen LogP contribution in [0.2, 0.25) is 0 Å². The molecule has 0 unspecified atom stereocenters. The Morgan fingerprint density at radius 1 is 1.41 bits per heavy atom. The molecule has 2 aromatic rings. The summed E-state index contributed by atoms with van der Waals surface area (Å²) in [5.74, 6) is 0. The van der Waals surface area contributed by atoms with Crippen molar-refractivity contribution < 1.29 is 4.74 Å². The van der Waals surface area contributed by atoms with Crippen molar-refractivity contribution in [2.24, 2.45) is 0 Å². The Bertz CT molecular complexity index is 568. The summed E-state index contributed by atoms with van der Waals surface area (Å²) < 4.78 is 9.87. The van der Waals surface area contributed by atoms with Crippen LogP contribution in [0.25, 0.3) is 11.3 Å². The summed E-state index contributed by atoms with van der Waals surface area (Å²) in [7, 11) is 0. The maximum Gasteiger partial charge on any atom is 0.172 e. The van der Waals surface area contributed by atoms with E-state index < -0.39 is 0 Å². The largest absolute Gasteiger partial charge is 0.373 e. The SMILES string of the molecule is Brc1cccc(-c2nc(I)n3c2COCC3)c1. The second-order valence-corrected chi connectivity index (χ2v) is 5.77. The zero-order valence-corrected chi connectivity index (χ0v) is 12.7. The van der Waals surface area contributed by atoms with Gasteiger partial charge in [0.2, 0.25) is 0 Å². The third-order valence-corrected chi connectivity index (χ3v) is 4.14. The number of benzene rings is 1. The van der Waals surface area contributed by atoms with Crippen molar-refractivity contribution in [3.05, 3.63) is 38.3 Å². The number of hydrogen-bond donors (Lipinski definition) is 0. The van der Waals surface area contributed by atoms with Gasteiger partial charge in [-0.2, -0.15) is 0 Å². The van der Waals surface area contributed by atoms with E-state index in [9.17, 15) is 0 Å². The van der Waals surface area contributed by atoms with Gasteiger partial charge in [0.1, 0.15) is 0 Å². The van der Waals surface area contributed by atoms with E-state index in [-0.39, 0.29) is 0 Å². The van der Waals surface area contributed by atoms with Crippen LogP contribution in [0, 0.1) is 3.83 Å². The molecule has 0 amide bonds. The molecule has 1 aromatic heterocycles. The number of fused-ring (bicyclic) bond motifs is 1. The molecule has 0 aliphatic carbocycles. The first-order valence-electron chi connectivity index (χ1n) is 5.34. The molecule has 0 spiro atoms. The minimum absolute atomic E-state index is 0.651. The average Bonchev–Trinajstić information content (AvgIpc) is 2.68. The van der Waals surface area contributed by atoms with Gasteiger partial charge in [0, 0.05) is 16.6 Å². The molecule has 0 saturated heterocycles. The Labute approximate surface area is 121 Å². The number of imidazole rings is 1. The van der Waals surface area contributed by atoms with Crippen LogP contribution in [0.15, 0.2) is 28.7 Å². The molecule has 17 heavy (non-hydrogen) atoms. The fourth-order valence-electron chi connectivity index (χ4n) is 2.02. The van der Waals surface area contributed by atoms with E-state index in [4.69, 9.17) is 4.74 Å². The predicted octanol–water partition coefficient (Wildman–Crippen LogP) is 3.45. The van der Waals surface area contributed by atoms with Gasteiger partial charge < -0.3 is 9.30 Å². The lowest BCUT2D eigenvalue weighted by atomic mass is 10.1. The molecule has 5 heteroatoms. The highest BCUT2D eigenvalue weighted by Gasteiger charge is 2.19. The number of aromatic nitrogens is 2. The van der Waals surface area contributed by atoms with Gasteiger partial charge in [-0.25, -0.2) is 4.98 Å². The van der Waals surface area contributed by atoms with E-state index in [2.05, 4.69) is 60.2 Å². The Balaban J connectivity index is 2.15. The monoisotopic (exact) mass is 404 g/mol. The fraction of sp³-hybridized carbons (Fsp3) is 0.250. The third-order valence-electron chi connectivity index (χ3n) is 2.82. The van der Waals surface area contributed by atoms with Gasteiger partial charge in [-0.05, 0) is 34.7 Å². The van der Waals surface area contributed by atoms with Crippen molar-refractivity contribution in [3.8, 4) is 11.3 Å². The van der Waals surface area contributed by atoms with Gasteiger partial charge in [-0.1, -0.05) is 28.1 Å². The summed E-state index contributed by atoms with van der Waals surface area (Å²) in [5, 5.41) is 0. The highest BCUT2D eigenvalue weighted by Crippen LogP contribution is 2.29. The lowest BCUT2D eigenvalue weighted by Crippen LogP contribution is -2.17. The fourth-order valence-corrected chi connectivity index (χ4v) is 3.19. The first-order chi connectivity index (χ1) is 8.25. The molecule has 1 aromatic carbocycles. The lowest BCUT2D eigenvalue weighted by molar-refractivity contribution is 0.0845. The summed E-state index contributed by atoms with van der Waals surface area (Å²) in [5.41, 5.74) is 3.35. The number of hydrogen-bond acceptors (Lipinski definition) is 2. The molecule has 1 aliphatic rings. The van der Waals surface area contributed by atoms with E-state index in [1.165, 1.54) is 5.69 Å². The van der Waals surface area contributed by atoms with Crippen molar-refractivity contribution in [2.75, 3.05) is 6.61 Å². The normalized spacial score (nSPS) is 14.7. The van der Waals surface area contributed by atoms with Gasteiger partial charge in [-0.3, -0.25) is 0 Å². The molecule has 3 rings (SSSR count). The standard InChI is InChI=1S/C12H10BrIN2O/c13-9-3-1-2-8(6-9)11-10-7-17-5-4-16(10)12(14)15-11/h1-3,6H,4-5,7H2. The number of ether oxygens (including phenoxy) is 1. The Morgan fingerprint density at radius 2 is 2.29 bits per heavy atom. The van der Waals surface area contributed by atoms with E-state index in [1.807, 2.05) is 12.1 Å². The summed E-state index contributed by atoms with van der Waals surface area (Å²) in [6, 6.07) is 8.22. The molecule has 2 heterocycles. The first-order valence-corrected chi connectivity index (χ1v) is 7.21. The molecule has 3 nitrogen and oxygen atoms in total. The van der Waals surface area contributed by atoms with Gasteiger partial charge in [0.15, 0.2) is 3.83 Å². The van der Waals surface area contributed by atoms with E-state index in [0.29, 0.717) is 6.61 Å². The topological polar surface area (TPSA) is 27.1 Å². The van der Waals surface area contributed by atoms with Gasteiger partial charge >= 0.3 is 0 Å². The van der Waals surface area contributed by atoms with Crippen molar-refractivity contribution in [1.29, 1.82) is 0 Å². The molecular formula is C12H10BrIN2O. The Kier molecular flexibility index (Phi) is 3.23. The molecule has 0 atom stereocenters. The maximum absolute atomic E-state index is 5.53. The third kappa shape index (κ3) is 2.15. The molecule has 1 aliphatic heterocycles. The Morgan fingerprint density at radius 3 is 3.12 bits per heavy atom.